The lowest BCUT2D eigenvalue weighted by Gasteiger charge is -2.22. The van der Waals surface area contributed by atoms with Crippen LogP contribution in [0.1, 0.15) is 62.8 Å². The van der Waals surface area contributed by atoms with Crippen molar-refractivity contribution >= 4 is 24.5 Å². The summed E-state index contributed by atoms with van der Waals surface area (Å²) in [6, 6.07) is 15.2. The minimum atomic E-state index is -0.626. The van der Waals surface area contributed by atoms with E-state index in [9.17, 15) is 4.79 Å². The highest BCUT2D eigenvalue weighted by molar-refractivity contribution is 7.82. The number of hydrogen-bond donors (Lipinski definition) is 2. The van der Waals surface area contributed by atoms with Crippen molar-refractivity contribution < 1.29 is 14.3 Å². The Kier molecular flexibility index (Phi) is 8.75. The Morgan fingerprint density at radius 2 is 1.60 bits per heavy atom. The van der Waals surface area contributed by atoms with Crippen LogP contribution in [0.15, 0.2) is 48.5 Å². The molecular weight excluding hydrogens is 396 g/mol. The molecule has 2 aromatic carbocycles. The second kappa shape index (κ2) is 11.7. The average molecular weight is 429 g/mol. The molecular formula is C24H32N2O3S. The zero-order valence-corrected chi connectivity index (χ0v) is 18.4. The van der Waals surface area contributed by atoms with Crippen LogP contribution in [0.25, 0.3) is 0 Å². The minimum absolute atomic E-state index is 0.589. The number of carbonyl (C=O) groups excluding carboxylic acids is 1. The highest BCUT2D eigenvalue weighted by Crippen LogP contribution is 2.33. The molecule has 0 unspecified atom stereocenters. The van der Waals surface area contributed by atoms with Gasteiger partial charge >= 0.3 is 6.03 Å². The highest BCUT2D eigenvalue weighted by atomic mass is 32.1. The molecule has 1 fully saturated rings. The number of nitrogens with zero attached hydrogens (tertiary/aromatic N) is 1. The maximum Gasteiger partial charge on any atom is 0.329 e. The van der Waals surface area contributed by atoms with Crippen LogP contribution in [-0.4, -0.2) is 19.2 Å². The van der Waals surface area contributed by atoms with Gasteiger partial charge in [-0.3, -0.25) is 0 Å². The van der Waals surface area contributed by atoms with Crippen LogP contribution in [0, 0.1) is 0 Å². The highest BCUT2D eigenvalue weighted by Gasteiger charge is 2.15. The van der Waals surface area contributed by atoms with E-state index in [0.29, 0.717) is 24.7 Å². The topological polar surface area (TPSA) is 64.8 Å². The van der Waals surface area contributed by atoms with Crippen molar-refractivity contribution in [1.82, 2.24) is 0 Å². The molecule has 0 spiro atoms. The van der Waals surface area contributed by atoms with Crippen LogP contribution in [0.2, 0.25) is 0 Å². The number of amides is 2. The zero-order chi connectivity index (χ0) is 21.2. The third kappa shape index (κ3) is 6.87. The molecule has 0 radical (unpaired) electrons. The number of primary amides is 1. The lowest BCUT2D eigenvalue weighted by molar-refractivity contribution is 0.257. The quantitative estimate of drug-likeness (QED) is 0.355. The van der Waals surface area contributed by atoms with Gasteiger partial charge < -0.3 is 15.2 Å². The van der Waals surface area contributed by atoms with Crippen molar-refractivity contribution in [2.75, 3.05) is 17.5 Å². The van der Waals surface area contributed by atoms with Gasteiger partial charge in [-0.15, -0.1) is 0 Å². The standard InChI is InChI=1S/C24H32N2O3S/c25-24(27)26(30)21-10-7-11-23(18-21)29-17-6-2-5-16-28-22-14-12-20(13-15-22)19-8-3-1-4-9-19/h7,10-15,18-19,30H,1-6,8-9,16-17H2,(H2,25,27). The fourth-order valence-corrected chi connectivity index (χ4v) is 3.99. The van der Waals surface area contributed by atoms with Crippen molar-refractivity contribution in [2.24, 2.45) is 5.73 Å². The number of ether oxygens (including phenoxy) is 2. The summed E-state index contributed by atoms with van der Waals surface area (Å²) < 4.78 is 12.7. The van der Waals surface area contributed by atoms with E-state index in [1.807, 2.05) is 12.1 Å². The number of urea groups is 1. The molecule has 5 nitrogen and oxygen atoms in total. The van der Waals surface area contributed by atoms with Crippen molar-refractivity contribution in [3.63, 3.8) is 0 Å². The normalized spacial score (nSPS) is 14.3. The van der Waals surface area contributed by atoms with E-state index >= 15 is 0 Å². The van der Waals surface area contributed by atoms with E-state index in [1.54, 1.807) is 12.1 Å². The summed E-state index contributed by atoms with van der Waals surface area (Å²) in [5.74, 6) is 2.38. The first kappa shape index (κ1) is 22.3. The molecule has 0 bridgehead atoms. The Morgan fingerprint density at radius 1 is 0.933 bits per heavy atom. The second-order valence-corrected chi connectivity index (χ2v) is 8.21. The number of rotatable bonds is 10. The maximum atomic E-state index is 11.2. The van der Waals surface area contributed by atoms with Gasteiger partial charge in [0.15, 0.2) is 0 Å². The molecule has 1 aliphatic rings. The average Bonchev–Trinajstić information content (AvgIpc) is 2.79. The van der Waals surface area contributed by atoms with Crippen molar-refractivity contribution in [3.8, 4) is 11.5 Å². The van der Waals surface area contributed by atoms with Gasteiger partial charge in [0.25, 0.3) is 0 Å². The van der Waals surface area contributed by atoms with E-state index < -0.39 is 6.03 Å². The van der Waals surface area contributed by atoms with Gasteiger partial charge in [0.1, 0.15) is 11.5 Å². The first-order chi connectivity index (χ1) is 14.6. The summed E-state index contributed by atoms with van der Waals surface area (Å²) in [4.78, 5) is 11.2. The number of thiol groups is 1. The number of carbonyl (C=O) groups is 1. The predicted octanol–water partition coefficient (Wildman–Crippen LogP) is 6.09. The molecule has 0 atom stereocenters. The number of anilines is 1. The lowest BCUT2D eigenvalue weighted by Crippen LogP contribution is -2.27. The SMILES string of the molecule is NC(=O)N(S)c1cccc(OCCCCCOc2ccc(C3CCCCC3)cc2)c1. The first-order valence-corrected chi connectivity index (χ1v) is 11.3. The van der Waals surface area contributed by atoms with Gasteiger partial charge in [-0.25, -0.2) is 9.10 Å². The molecule has 1 aliphatic carbocycles. The molecule has 30 heavy (non-hydrogen) atoms. The van der Waals surface area contributed by atoms with E-state index in [4.69, 9.17) is 15.2 Å². The van der Waals surface area contributed by atoms with Gasteiger partial charge in [-0.1, -0.05) is 50.3 Å². The largest absolute Gasteiger partial charge is 0.494 e. The fourth-order valence-electron chi connectivity index (χ4n) is 3.87. The second-order valence-electron chi connectivity index (χ2n) is 7.81. The molecule has 0 aromatic heterocycles. The van der Waals surface area contributed by atoms with Gasteiger partial charge in [-0.05, 0) is 67.9 Å². The van der Waals surface area contributed by atoms with Gasteiger partial charge in [0.2, 0.25) is 0 Å². The number of unbranched alkanes of at least 4 members (excludes halogenated alkanes) is 2. The van der Waals surface area contributed by atoms with Gasteiger partial charge in [-0.2, -0.15) is 0 Å². The Labute approximate surface area is 185 Å². The van der Waals surface area contributed by atoms with Crippen LogP contribution < -0.4 is 19.5 Å². The first-order valence-electron chi connectivity index (χ1n) is 10.9. The molecule has 0 heterocycles. The molecule has 2 N–H and O–H groups in total. The van der Waals surface area contributed by atoms with Crippen LogP contribution in [0.3, 0.4) is 0 Å². The fraction of sp³-hybridized carbons (Fsp3) is 0.458. The summed E-state index contributed by atoms with van der Waals surface area (Å²) in [5.41, 5.74) is 7.28. The Morgan fingerprint density at radius 3 is 2.27 bits per heavy atom. The molecule has 0 saturated heterocycles. The molecule has 2 amide bonds. The van der Waals surface area contributed by atoms with Crippen LogP contribution in [0.4, 0.5) is 10.5 Å². The Balaban J connectivity index is 1.29. The molecule has 3 rings (SSSR count). The summed E-state index contributed by atoms with van der Waals surface area (Å²) in [5, 5.41) is 0. The summed E-state index contributed by atoms with van der Waals surface area (Å²) >= 11 is 4.06. The molecule has 6 heteroatoms. The summed E-state index contributed by atoms with van der Waals surface area (Å²) in [6.45, 7) is 1.33. The predicted molar refractivity (Wildman–Crippen MR) is 125 cm³/mol. The molecule has 1 saturated carbocycles. The van der Waals surface area contributed by atoms with Crippen LogP contribution in [-0.2, 0) is 0 Å². The van der Waals surface area contributed by atoms with Crippen LogP contribution >= 0.6 is 12.8 Å². The monoisotopic (exact) mass is 428 g/mol. The third-order valence-corrected chi connectivity index (χ3v) is 5.98. The molecule has 2 aromatic rings. The van der Waals surface area contributed by atoms with E-state index in [0.717, 1.165) is 35.2 Å². The zero-order valence-electron chi connectivity index (χ0n) is 17.5. The molecule has 0 aliphatic heterocycles. The number of hydrogen-bond acceptors (Lipinski definition) is 4. The lowest BCUT2D eigenvalue weighted by atomic mass is 9.84. The number of benzene rings is 2. The summed E-state index contributed by atoms with van der Waals surface area (Å²) in [7, 11) is 0. The summed E-state index contributed by atoms with van der Waals surface area (Å²) in [6.07, 6.45) is 9.71. The maximum absolute atomic E-state index is 11.2. The number of nitrogens with two attached hydrogens (primary N) is 1. The Hall–Kier alpha value is -2.34. The van der Waals surface area contributed by atoms with Crippen molar-refractivity contribution in [1.29, 1.82) is 0 Å². The van der Waals surface area contributed by atoms with Gasteiger partial charge in [0, 0.05) is 6.07 Å². The third-order valence-electron chi connectivity index (χ3n) is 5.55. The Bertz CT molecular complexity index is 791. The van der Waals surface area contributed by atoms with Crippen molar-refractivity contribution in [3.05, 3.63) is 54.1 Å². The molecule has 162 valence electrons. The minimum Gasteiger partial charge on any atom is -0.494 e. The van der Waals surface area contributed by atoms with Gasteiger partial charge in [0.05, 0.1) is 18.9 Å². The van der Waals surface area contributed by atoms with Crippen molar-refractivity contribution in [2.45, 2.75) is 57.3 Å². The smallest absolute Gasteiger partial charge is 0.329 e. The van der Waals surface area contributed by atoms with E-state index in [-0.39, 0.29) is 0 Å². The van der Waals surface area contributed by atoms with Crippen LogP contribution in [0.5, 0.6) is 11.5 Å². The van der Waals surface area contributed by atoms with E-state index in [1.165, 1.54) is 37.7 Å². The van der Waals surface area contributed by atoms with E-state index in [2.05, 4.69) is 37.1 Å².